The van der Waals surface area contributed by atoms with Gasteiger partial charge in [-0.2, -0.15) is 0 Å². The van der Waals surface area contributed by atoms with Gasteiger partial charge in [-0.15, -0.1) is 0 Å². The Hall–Kier alpha value is -3.02. The molecular formula is C16H15N5O. The summed E-state index contributed by atoms with van der Waals surface area (Å²) in [6.07, 6.45) is 6.98. The summed E-state index contributed by atoms with van der Waals surface area (Å²) in [5, 5.41) is 2.79. The van der Waals surface area contributed by atoms with E-state index in [4.69, 9.17) is 0 Å². The molecule has 0 aliphatic heterocycles. The predicted octanol–water partition coefficient (Wildman–Crippen LogP) is 2.15. The number of imidazole rings is 1. The lowest BCUT2D eigenvalue weighted by molar-refractivity contribution is -0.115. The van der Waals surface area contributed by atoms with Crippen LogP contribution in [0.2, 0.25) is 0 Å². The lowest BCUT2D eigenvalue weighted by Crippen LogP contribution is -2.15. The van der Waals surface area contributed by atoms with Gasteiger partial charge in [0.15, 0.2) is 0 Å². The number of carbonyl (C=O) groups excluding carboxylic acids is 1. The Morgan fingerprint density at radius 2 is 1.86 bits per heavy atom. The Bertz CT molecular complexity index is 765. The Kier molecular flexibility index (Phi) is 3.91. The fraction of sp³-hybridized carbons (Fsp3) is 0.125. The number of hydrogen-bond donors (Lipinski definition) is 1. The molecule has 0 aliphatic carbocycles. The van der Waals surface area contributed by atoms with Crippen LogP contribution in [-0.4, -0.2) is 25.4 Å². The fourth-order valence-electron chi connectivity index (χ4n) is 2.09. The molecule has 2 aromatic heterocycles. The number of anilines is 1. The minimum atomic E-state index is -0.0960. The van der Waals surface area contributed by atoms with Gasteiger partial charge in [-0.1, -0.05) is 30.3 Å². The number of aryl methyl sites for hydroxylation is 1. The molecule has 1 amide bonds. The predicted molar refractivity (Wildman–Crippen MR) is 82.7 cm³/mol. The van der Waals surface area contributed by atoms with Gasteiger partial charge < -0.3 is 5.32 Å². The van der Waals surface area contributed by atoms with Gasteiger partial charge in [0.25, 0.3) is 0 Å². The fourth-order valence-corrected chi connectivity index (χ4v) is 2.09. The molecule has 6 heteroatoms. The van der Waals surface area contributed by atoms with E-state index in [2.05, 4.69) is 20.3 Å². The summed E-state index contributed by atoms with van der Waals surface area (Å²) in [6, 6.07) is 9.58. The lowest BCUT2D eigenvalue weighted by Gasteiger charge is -2.06. The topological polar surface area (TPSA) is 72.7 Å². The van der Waals surface area contributed by atoms with E-state index in [0.29, 0.717) is 18.1 Å². The highest BCUT2D eigenvalue weighted by Crippen LogP contribution is 2.09. The molecule has 2 heterocycles. The van der Waals surface area contributed by atoms with Crippen LogP contribution in [0.15, 0.2) is 55.1 Å². The van der Waals surface area contributed by atoms with Crippen molar-refractivity contribution in [3.05, 3.63) is 66.5 Å². The first-order valence-corrected chi connectivity index (χ1v) is 6.88. The molecule has 0 spiro atoms. The molecule has 0 atom stereocenters. The van der Waals surface area contributed by atoms with E-state index >= 15 is 0 Å². The molecule has 0 aliphatic rings. The van der Waals surface area contributed by atoms with Crippen molar-refractivity contribution in [3.8, 4) is 5.95 Å². The number of aromatic nitrogens is 4. The summed E-state index contributed by atoms with van der Waals surface area (Å²) in [5.74, 6) is 1.23. The van der Waals surface area contributed by atoms with Crippen LogP contribution < -0.4 is 5.32 Å². The third kappa shape index (κ3) is 3.17. The van der Waals surface area contributed by atoms with Crippen molar-refractivity contribution in [2.75, 3.05) is 5.32 Å². The van der Waals surface area contributed by atoms with Crippen molar-refractivity contribution >= 4 is 11.6 Å². The van der Waals surface area contributed by atoms with Gasteiger partial charge in [0.05, 0.1) is 24.5 Å². The quantitative estimate of drug-likeness (QED) is 0.800. The van der Waals surface area contributed by atoms with Crippen LogP contribution in [0.4, 0.5) is 5.69 Å². The number of rotatable bonds is 4. The third-order valence-corrected chi connectivity index (χ3v) is 3.17. The number of amides is 1. The summed E-state index contributed by atoms with van der Waals surface area (Å²) in [5.41, 5.74) is 1.54. The Morgan fingerprint density at radius 1 is 1.14 bits per heavy atom. The maximum atomic E-state index is 12.0. The lowest BCUT2D eigenvalue weighted by atomic mass is 10.1. The van der Waals surface area contributed by atoms with Crippen LogP contribution in [0.1, 0.15) is 11.4 Å². The van der Waals surface area contributed by atoms with E-state index in [1.54, 1.807) is 29.4 Å². The number of carbonyl (C=O) groups is 1. The zero-order valence-electron chi connectivity index (χ0n) is 12.1. The van der Waals surface area contributed by atoms with E-state index in [9.17, 15) is 4.79 Å². The number of hydrogen-bond acceptors (Lipinski definition) is 4. The standard InChI is InChI=1S/C16H15N5O/c1-12-17-7-8-21(12)16-18-10-14(11-19-16)20-15(22)9-13-5-3-2-4-6-13/h2-8,10-11H,9H2,1H3,(H,20,22). The van der Waals surface area contributed by atoms with Crippen molar-refractivity contribution in [3.63, 3.8) is 0 Å². The molecule has 0 radical (unpaired) electrons. The summed E-state index contributed by atoms with van der Waals surface area (Å²) >= 11 is 0. The SMILES string of the molecule is Cc1nccn1-c1ncc(NC(=O)Cc2ccccc2)cn1. The number of nitrogens with zero attached hydrogens (tertiary/aromatic N) is 4. The van der Waals surface area contributed by atoms with Gasteiger partial charge in [0, 0.05) is 12.4 Å². The average molecular weight is 293 g/mol. The first-order chi connectivity index (χ1) is 10.7. The van der Waals surface area contributed by atoms with Crippen LogP contribution in [0.3, 0.4) is 0 Å². The summed E-state index contributed by atoms with van der Waals surface area (Å²) in [6.45, 7) is 1.87. The molecule has 0 saturated carbocycles. The molecule has 0 fully saturated rings. The van der Waals surface area contributed by atoms with E-state index in [-0.39, 0.29) is 5.91 Å². The molecule has 22 heavy (non-hydrogen) atoms. The third-order valence-electron chi connectivity index (χ3n) is 3.17. The second-order valence-corrected chi connectivity index (χ2v) is 4.83. The Morgan fingerprint density at radius 3 is 2.50 bits per heavy atom. The van der Waals surface area contributed by atoms with E-state index < -0.39 is 0 Å². The zero-order chi connectivity index (χ0) is 15.4. The summed E-state index contributed by atoms with van der Waals surface area (Å²) < 4.78 is 1.77. The van der Waals surface area contributed by atoms with Gasteiger partial charge in [0.2, 0.25) is 11.9 Å². The van der Waals surface area contributed by atoms with E-state index in [1.807, 2.05) is 37.3 Å². The summed E-state index contributed by atoms with van der Waals surface area (Å²) in [7, 11) is 0. The van der Waals surface area contributed by atoms with Crippen LogP contribution in [0, 0.1) is 6.92 Å². The molecule has 6 nitrogen and oxygen atoms in total. The molecule has 1 aromatic carbocycles. The Labute approximate surface area is 127 Å². The average Bonchev–Trinajstić information content (AvgIpc) is 2.95. The smallest absolute Gasteiger partial charge is 0.235 e. The summed E-state index contributed by atoms with van der Waals surface area (Å²) in [4.78, 5) is 24.6. The number of nitrogens with one attached hydrogen (secondary N) is 1. The highest BCUT2D eigenvalue weighted by molar-refractivity contribution is 5.91. The molecule has 1 N–H and O–H groups in total. The van der Waals surface area contributed by atoms with Gasteiger partial charge in [-0.25, -0.2) is 15.0 Å². The van der Waals surface area contributed by atoms with Gasteiger partial charge in [-0.3, -0.25) is 9.36 Å². The first-order valence-electron chi connectivity index (χ1n) is 6.88. The molecular weight excluding hydrogens is 278 g/mol. The van der Waals surface area contributed by atoms with Crippen LogP contribution >= 0.6 is 0 Å². The molecule has 3 aromatic rings. The van der Waals surface area contributed by atoms with Gasteiger partial charge in [0.1, 0.15) is 5.82 Å². The maximum Gasteiger partial charge on any atom is 0.235 e. The second kappa shape index (κ2) is 6.17. The largest absolute Gasteiger partial charge is 0.323 e. The van der Waals surface area contributed by atoms with Crippen molar-refractivity contribution in [1.29, 1.82) is 0 Å². The second-order valence-electron chi connectivity index (χ2n) is 4.83. The number of benzene rings is 1. The van der Waals surface area contributed by atoms with Crippen molar-refractivity contribution in [2.45, 2.75) is 13.3 Å². The van der Waals surface area contributed by atoms with Crippen LogP contribution in [0.5, 0.6) is 0 Å². The monoisotopic (exact) mass is 293 g/mol. The molecule has 0 bridgehead atoms. The molecule has 3 rings (SSSR count). The highest BCUT2D eigenvalue weighted by Gasteiger charge is 2.06. The van der Waals surface area contributed by atoms with Crippen LogP contribution in [-0.2, 0) is 11.2 Å². The minimum absolute atomic E-state index is 0.0960. The highest BCUT2D eigenvalue weighted by atomic mass is 16.1. The van der Waals surface area contributed by atoms with E-state index in [1.165, 1.54) is 0 Å². The maximum absolute atomic E-state index is 12.0. The molecule has 0 saturated heterocycles. The van der Waals surface area contributed by atoms with Crippen molar-refractivity contribution < 1.29 is 4.79 Å². The molecule has 0 unspecified atom stereocenters. The molecule has 110 valence electrons. The van der Waals surface area contributed by atoms with E-state index in [0.717, 1.165) is 11.4 Å². The van der Waals surface area contributed by atoms with Gasteiger partial charge >= 0.3 is 0 Å². The Balaban J connectivity index is 1.66. The minimum Gasteiger partial charge on any atom is -0.323 e. The first kappa shape index (κ1) is 13.9. The van der Waals surface area contributed by atoms with Crippen molar-refractivity contribution in [1.82, 2.24) is 19.5 Å². The van der Waals surface area contributed by atoms with Crippen molar-refractivity contribution in [2.24, 2.45) is 0 Å². The van der Waals surface area contributed by atoms with Gasteiger partial charge in [-0.05, 0) is 12.5 Å². The van der Waals surface area contributed by atoms with Crippen LogP contribution in [0.25, 0.3) is 5.95 Å². The normalized spacial score (nSPS) is 10.4. The zero-order valence-corrected chi connectivity index (χ0v) is 12.1.